The Morgan fingerprint density at radius 1 is 1.00 bits per heavy atom. The second-order valence-corrected chi connectivity index (χ2v) is 7.74. The highest BCUT2D eigenvalue weighted by Gasteiger charge is 2.33. The summed E-state index contributed by atoms with van der Waals surface area (Å²) in [6.07, 6.45) is 7.54. The number of likely N-dealkylation sites (tertiary alicyclic amines) is 2. The Balaban J connectivity index is 1.39. The summed E-state index contributed by atoms with van der Waals surface area (Å²) in [5, 5.41) is 1.18. The lowest BCUT2D eigenvalue weighted by Gasteiger charge is -2.37. The molecule has 5 heteroatoms. The van der Waals surface area contributed by atoms with Gasteiger partial charge in [0.05, 0.1) is 11.6 Å². The fourth-order valence-electron chi connectivity index (χ4n) is 4.38. The van der Waals surface area contributed by atoms with E-state index in [4.69, 9.17) is 4.74 Å². The van der Waals surface area contributed by atoms with Gasteiger partial charge < -0.3 is 14.2 Å². The van der Waals surface area contributed by atoms with Crippen molar-refractivity contribution in [2.75, 3.05) is 26.7 Å². The minimum absolute atomic E-state index is 0.0704. The standard InChI is InChI=1S/C21H29N3O2/c1-22-13-11-17-18(22)7-5-8-20(17)26-16-9-14-24(15-10-16)19-6-3-4-12-23(2)21(19)25/h5,7-8,11,13,16,19H,3-4,6,9-10,12,14-15H2,1-2H3. The first-order chi connectivity index (χ1) is 12.6. The minimum Gasteiger partial charge on any atom is -0.490 e. The summed E-state index contributed by atoms with van der Waals surface area (Å²) in [6.45, 7) is 2.79. The lowest BCUT2D eigenvalue weighted by Crippen LogP contribution is -2.50. The van der Waals surface area contributed by atoms with Gasteiger partial charge in [-0.05, 0) is 50.3 Å². The van der Waals surface area contributed by atoms with Crippen molar-refractivity contribution in [1.82, 2.24) is 14.4 Å². The number of carbonyl (C=O) groups is 1. The van der Waals surface area contributed by atoms with Gasteiger partial charge in [-0.2, -0.15) is 0 Å². The predicted octanol–water partition coefficient (Wildman–Crippen LogP) is 3.03. The second kappa shape index (κ2) is 7.31. The van der Waals surface area contributed by atoms with E-state index in [-0.39, 0.29) is 12.1 Å². The van der Waals surface area contributed by atoms with E-state index in [2.05, 4.69) is 47.0 Å². The lowest BCUT2D eigenvalue weighted by atomic mass is 10.0. The van der Waals surface area contributed by atoms with Crippen molar-refractivity contribution in [3.05, 3.63) is 30.5 Å². The molecule has 1 amide bonds. The maximum Gasteiger partial charge on any atom is 0.239 e. The van der Waals surface area contributed by atoms with E-state index in [0.29, 0.717) is 5.91 Å². The van der Waals surface area contributed by atoms with Gasteiger partial charge in [0, 0.05) is 45.3 Å². The molecule has 0 N–H and O–H groups in total. The smallest absolute Gasteiger partial charge is 0.239 e. The SMILES string of the molecule is CN1CCCCC(N2CCC(Oc3cccc4c3ccn4C)CC2)C1=O. The third-order valence-corrected chi connectivity index (χ3v) is 5.98. The van der Waals surface area contributed by atoms with Gasteiger partial charge in [0.15, 0.2) is 0 Å². The zero-order valence-corrected chi connectivity index (χ0v) is 15.9. The Labute approximate surface area is 155 Å². The first kappa shape index (κ1) is 17.4. The minimum atomic E-state index is 0.0704. The lowest BCUT2D eigenvalue weighted by molar-refractivity contribution is -0.135. The molecule has 2 aromatic rings. The molecule has 2 fully saturated rings. The number of aryl methyl sites for hydroxylation is 1. The van der Waals surface area contributed by atoms with Crippen LogP contribution in [0.3, 0.4) is 0 Å². The number of likely N-dealkylation sites (N-methyl/N-ethyl adjacent to an activating group) is 1. The second-order valence-electron chi connectivity index (χ2n) is 7.74. The van der Waals surface area contributed by atoms with E-state index in [1.807, 2.05) is 11.9 Å². The molecule has 1 aromatic heterocycles. The summed E-state index contributed by atoms with van der Waals surface area (Å²) in [5.41, 5.74) is 1.20. The monoisotopic (exact) mass is 355 g/mol. The van der Waals surface area contributed by atoms with Crippen molar-refractivity contribution >= 4 is 16.8 Å². The number of amides is 1. The van der Waals surface area contributed by atoms with Crippen LogP contribution in [0.5, 0.6) is 5.75 Å². The molecular weight excluding hydrogens is 326 g/mol. The van der Waals surface area contributed by atoms with Gasteiger partial charge in [0.25, 0.3) is 0 Å². The molecule has 5 nitrogen and oxygen atoms in total. The fraction of sp³-hybridized carbons (Fsp3) is 0.571. The molecule has 0 radical (unpaired) electrons. The molecule has 0 bridgehead atoms. The van der Waals surface area contributed by atoms with Crippen LogP contribution in [0.2, 0.25) is 0 Å². The average Bonchev–Trinajstić information content (AvgIpc) is 2.95. The van der Waals surface area contributed by atoms with Crippen LogP contribution in [0.15, 0.2) is 30.5 Å². The van der Waals surface area contributed by atoms with Gasteiger partial charge in [-0.15, -0.1) is 0 Å². The number of hydrogen-bond donors (Lipinski definition) is 0. The highest BCUT2D eigenvalue weighted by atomic mass is 16.5. The summed E-state index contributed by atoms with van der Waals surface area (Å²) in [4.78, 5) is 16.9. The molecule has 0 saturated carbocycles. The van der Waals surface area contributed by atoms with Crippen LogP contribution >= 0.6 is 0 Å². The molecule has 2 saturated heterocycles. The summed E-state index contributed by atoms with van der Waals surface area (Å²) in [7, 11) is 4.00. The van der Waals surface area contributed by atoms with Crippen LogP contribution in [0.25, 0.3) is 10.9 Å². The number of rotatable bonds is 3. The van der Waals surface area contributed by atoms with Gasteiger partial charge in [-0.3, -0.25) is 9.69 Å². The number of benzene rings is 1. The van der Waals surface area contributed by atoms with Crippen molar-refractivity contribution in [3.8, 4) is 5.75 Å². The number of ether oxygens (including phenoxy) is 1. The van der Waals surface area contributed by atoms with E-state index >= 15 is 0 Å². The first-order valence-corrected chi connectivity index (χ1v) is 9.83. The van der Waals surface area contributed by atoms with Crippen LogP contribution in [-0.2, 0) is 11.8 Å². The van der Waals surface area contributed by atoms with Crippen molar-refractivity contribution in [2.45, 2.75) is 44.2 Å². The molecule has 3 heterocycles. The van der Waals surface area contributed by atoms with Crippen LogP contribution in [-0.4, -0.2) is 59.1 Å². The maximum atomic E-state index is 12.6. The van der Waals surface area contributed by atoms with Crippen LogP contribution in [0, 0.1) is 0 Å². The van der Waals surface area contributed by atoms with Crippen LogP contribution < -0.4 is 4.74 Å². The number of piperidine rings is 1. The molecule has 4 rings (SSSR count). The Bertz CT molecular complexity index is 777. The zero-order chi connectivity index (χ0) is 18.1. The predicted molar refractivity (Wildman–Crippen MR) is 103 cm³/mol. The van der Waals surface area contributed by atoms with Crippen LogP contribution in [0.1, 0.15) is 32.1 Å². The molecule has 0 aliphatic carbocycles. The summed E-state index contributed by atoms with van der Waals surface area (Å²) in [6, 6.07) is 8.45. The van der Waals surface area contributed by atoms with Gasteiger partial charge >= 0.3 is 0 Å². The Morgan fingerprint density at radius 2 is 1.81 bits per heavy atom. The van der Waals surface area contributed by atoms with Crippen LogP contribution in [0.4, 0.5) is 0 Å². The van der Waals surface area contributed by atoms with Gasteiger partial charge in [-0.1, -0.05) is 6.07 Å². The fourth-order valence-corrected chi connectivity index (χ4v) is 4.38. The normalized spacial score (nSPS) is 23.4. The topological polar surface area (TPSA) is 37.7 Å². The number of nitrogens with zero attached hydrogens (tertiary/aromatic N) is 3. The zero-order valence-electron chi connectivity index (χ0n) is 15.9. The van der Waals surface area contributed by atoms with Crippen molar-refractivity contribution < 1.29 is 9.53 Å². The molecule has 1 atom stereocenters. The summed E-state index contributed by atoms with van der Waals surface area (Å²) >= 11 is 0. The van der Waals surface area contributed by atoms with Gasteiger partial charge in [0.1, 0.15) is 11.9 Å². The Hall–Kier alpha value is -2.01. The summed E-state index contributed by atoms with van der Waals surface area (Å²) in [5.74, 6) is 1.28. The molecule has 2 aliphatic rings. The largest absolute Gasteiger partial charge is 0.490 e. The number of fused-ring (bicyclic) bond motifs is 1. The van der Waals surface area contributed by atoms with E-state index in [9.17, 15) is 4.79 Å². The molecular formula is C21H29N3O2. The maximum absolute atomic E-state index is 12.6. The summed E-state index contributed by atoms with van der Waals surface area (Å²) < 4.78 is 8.48. The van der Waals surface area contributed by atoms with E-state index in [0.717, 1.165) is 57.5 Å². The van der Waals surface area contributed by atoms with Crippen molar-refractivity contribution in [2.24, 2.45) is 7.05 Å². The van der Waals surface area contributed by atoms with Crippen molar-refractivity contribution in [3.63, 3.8) is 0 Å². The van der Waals surface area contributed by atoms with Crippen molar-refractivity contribution in [1.29, 1.82) is 0 Å². The van der Waals surface area contributed by atoms with E-state index in [1.54, 1.807) is 0 Å². The average molecular weight is 355 g/mol. The molecule has 1 aromatic carbocycles. The Morgan fingerprint density at radius 3 is 2.62 bits per heavy atom. The molecule has 2 aliphatic heterocycles. The van der Waals surface area contributed by atoms with Gasteiger partial charge in [0.2, 0.25) is 5.91 Å². The number of aromatic nitrogens is 1. The molecule has 1 unspecified atom stereocenters. The first-order valence-electron chi connectivity index (χ1n) is 9.83. The Kier molecular flexibility index (Phi) is 4.90. The highest BCUT2D eigenvalue weighted by molar-refractivity contribution is 5.86. The van der Waals surface area contributed by atoms with E-state index in [1.165, 1.54) is 10.9 Å². The van der Waals surface area contributed by atoms with Gasteiger partial charge in [-0.25, -0.2) is 0 Å². The molecule has 140 valence electrons. The number of hydrogen-bond acceptors (Lipinski definition) is 3. The van der Waals surface area contributed by atoms with E-state index < -0.39 is 0 Å². The third-order valence-electron chi connectivity index (χ3n) is 5.98. The number of carbonyl (C=O) groups excluding carboxylic acids is 1. The highest BCUT2D eigenvalue weighted by Crippen LogP contribution is 2.29. The third kappa shape index (κ3) is 3.32. The quantitative estimate of drug-likeness (QED) is 0.849. The molecule has 0 spiro atoms. The molecule has 26 heavy (non-hydrogen) atoms.